The van der Waals surface area contributed by atoms with Crippen LogP contribution in [0, 0.1) is 0 Å². The lowest BCUT2D eigenvalue weighted by Crippen LogP contribution is -2.37. The first-order valence-electron chi connectivity index (χ1n) is 7.51. The summed E-state index contributed by atoms with van der Waals surface area (Å²) in [5.74, 6) is 0.0287. The second-order valence-corrected chi connectivity index (χ2v) is 5.69. The molecule has 1 rings (SSSR count). The van der Waals surface area contributed by atoms with Gasteiger partial charge in [-0.2, -0.15) is 0 Å². The molecule has 0 saturated heterocycles. The van der Waals surface area contributed by atoms with Gasteiger partial charge in [0.1, 0.15) is 0 Å². The zero-order valence-corrected chi connectivity index (χ0v) is 14.1. The van der Waals surface area contributed by atoms with Crippen LogP contribution in [0.2, 0.25) is 5.02 Å². The van der Waals surface area contributed by atoms with Crippen LogP contribution >= 0.6 is 11.6 Å². The van der Waals surface area contributed by atoms with Crippen LogP contribution in [0.3, 0.4) is 0 Å². The van der Waals surface area contributed by atoms with Crippen molar-refractivity contribution in [3.63, 3.8) is 0 Å². The van der Waals surface area contributed by atoms with Crippen LogP contribution in [-0.2, 0) is 11.3 Å². The number of halogens is 1. The van der Waals surface area contributed by atoms with E-state index in [-0.39, 0.29) is 5.91 Å². The number of rotatable bonds is 8. The molecule has 0 spiro atoms. The van der Waals surface area contributed by atoms with Gasteiger partial charge in [0.15, 0.2) is 0 Å². The fourth-order valence-corrected chi connectivity index (χ4v) is 2.24. The third-order valence-electron chi connectivity index (χ3n) is 3.19. The molecule has 21 heavy (non-hydrogen) atoms. The van der Waals surface area contributed by atoms with E-state index in [1.165, 1.54) is 0 Å². The van der Waals surface area contributed by atoms with Crippen LogP contribution in [0.1, 0.15) is 33.3 Å². The SMILES string of the molecule is CCNC(=O)CN(CC)c1ccc(CNC(C)C)c(Cl)c1. The van der Waals surface area contributed by atoms with E-state index in [4.69, 9.17) is 11.6 Å². The minimum atomic E-state index is 0.0287. The summed E-state index contributed by atoms with van der Waals surface area (Å²) in [6.07, 6.45) is 0. The third-order valence-corrected chi connectivity index (χ3v) is 3.54. The van der Waals surface area contributed by atoms with Gasteiger partial charge in [-0.25, -0.2) is 0 Å². The van der Waals surface area contributed by atoms with Gasteiger partial charge in [0.2, 0.25) is 5.91 Å². The highest BCUT2D eigenvalue weighted by Crippen LogP contribution is 2.23. The fourth-order valence-electron chi connectivity index (χ4n) is 2.00. The topological polar surface area (TPSA) is 44.4 Å². The fraction of sp³-hybridized carbons (Fsp3) is 0.562. The number of nitrogens with one attached hydrogen (secondary N) is 2. The standard InChI is InChI=1S/C16H26ClN3O/c1-5-18-16(21)11-20(6-2)14-8-7-13(15(17)9-14)10-19-12(3)4/h7-9,12,19H,5-6,10-11H2,1-4H3,(H,18,21). The maximum Gasteiger partial charge on any atom is 0.239 e. The number of anilines is 1. The number of benzene rings is 1. The van der Waals surface area contributed by atoms with Crippen molar-refractivity contribution in [3.05, 3.63) is 28.8 Å². The van der Waals surface area contributed by atoms with Gasteiger partial charge in [0.25, 0.3) is 0 Å². The predicted octanol–water partition coefficient (Wildman–Crippen LogP) is 2.80. The first kappa shape index (κ1) is 17.8. The predicted molar refractivity (Wildman–Crippen MR) is 90.0 cm³/mol. The Hall–Kier alpha value is -1.26. The van der Waals surface area contributed by atoms with Gasteiger partial charge < -0.3 is 15.5 Å². The van der Waals surface area contributed by atoms with E-state index in [0.29, 0.717) is 19.1 Å². The molecule has 5 heteroatoms. The van der Waals surface area contributed by atoms with Crippen LogP contribution in [0.5, 0.6) is 0 Å². The molecule has 4 nitrogen and oxygen atoms in total. The minimum absolute atomic E-state index is 0.0287. The molecule has 0 heterocycles. The molecule has 1 aromatic rings. The Morgan fingerprint density at radius 2 is 2.05 bits per heavy atom. The largest absolute Gasteiger partial charge is 0.362 e. The molecule has 0 aliphatic heterocycles. The van der Waals surface area contributed by atoms with Crippen molar-refractivity contribution < 1.29 is 4.79 Å². The zero-order chi connectivity index (χ0) is 15.8. The van der Waals surface area contributed by atoms with Gasteiger partial charge in [-0.1, -0.05) is 31.5 Å². The van der Waals surface area contributed by atoms with Gasteiger partial charge in [0.05, 0.1) is 6.54 Å². The lowest BCUT2D eigenvalue weighted by Gasteiger charge is -2.23. The lowest BCUT2D eigenvalue weighted by atomic mass is 10.1. The van der Waals surface area contributed by atoms with Crippen molar-refractivity contribution in [3.8, 4) is 0 Å². The van der Waals surface area contributed by atoms with E-state index in [1.807, 2.05) is 36.9 Å². The molecule has 0 fully saturated rings. The molecule has 0 saturated carbocycles. The molecule has 1 amide bonds. The van der Waals surface area contributed by atoms with Crippen LogP contribution in [0.4, 0.5) is 5.69 Å². The highest BCUT2D eigenvalue weighted by Gasteiger charge is 2.11. The molecule has 0 aromatic heterocycles. The zero-order valence-electron chi connectivity index (χ0n) is 13.4. The second-order valence-electron chi connectivity index (χ2n) is 5.28. The summed E-state index contributed by atoms with van der Waals surface area (Å²) in [5.41, 5.74) is 2.05. The highest BCUT2D eigenvalue weighted by molar-refractivity contribution is 6.31. The molecule has 0 atom stereocenters. The second kappa shape index (κ2) is 8.90. The highest BCUT2D eigenvalue weighted by atomic mass is 35.5. The summed E-state index contributed by atoms with van der Waals surface area (Å²) >= 11 is 6.34. The Balaban J connectivity index is 2.77. The Labute approximate surface area is 132 Å². The molecule has 0 aliphatic rings. The Bertz CT molecular complexity index is 463. The van der Waals surface area contributed by atoms with Crippen molar-refractivity contribution in [2.45, 2.75) is 40.3 Å². The molecule has 118 valence electrons. The molecular weight excluding hydrogens is 286 g/mol. The summed E-state index contributed by atoms with van der Waals surface area (Å²) in [5, 5.41) is 6.90. The molecular formula is C16H26ClN3O. The third kappa shape index (κ3) is 5.94. The molecule has 0 radical (unpaired) electrons. The van der Waals surface area contributed by atoms with Crippen molar-refractivity contribution in [1.82, 2.24) is 10.6 Å². The first-order chi connectivity index (χ1) is 9.97. The van der Waals surface area contributed by atoms with Crippen LogP contribution in [0.15, 0.2) is 18.2 Å². The Morgan fingerprint density at radius 3 is 2.57 bits per heavy atom. The monoisotopic (exact) mass is 311 g/mol. The van der Waals surface area contributed by atoms with Crippen LogP contribution < -0.4 is 15.5 Å². The van der Waals surface area contributed by atoms with E-state index >= 15 is 0 Å². The van der Waals surface area contributed by atoms with E-state index < -0.39 is 0 Å². The van der Waals surface area contributed by atoms with Crippen molar-refractivity contribution >= 4 is 23.2 Å². The van der Waals surface area contributed by atoms with Crippen molar-refractivity contribution in [2.75, 3.05) is 24.5 Å². The normalized spacial score (nSPS) is 10.8. The first-order valence-corrected chi connectivity index (χ1v) is 7.89. The Kier molecular flexibility index (Phi) is 7.54. The summed E-state index contributed by atoms with van der Waals surface area (Å²) in [6.45, 7) is 10.7. The van der Waals surface area contributed by atoms with Crippen molar-refractivity contribution in [1.29, 1.82) is 0 Å². The average Bonchev–Trinajstić information content (AvgIpc) is 2.43. The molecule has 0 unspecified atom stereocenters. The van der Waals surface area contributed by atoms with Gasteiger partial charge in [-0.15, -0.1) is 0 Å². The Morgan fingerprint density at radius 1 is 1.33 bits per heavy atom. The quantitative estimate of drug-likeness (QED) is 0.776. The number of hydrogen-bond acceptors (Lipinski definition) is 3. The maximum atomic E-state index is 11.7. The van der Waals surface area contributed by atoms with Crippen LogP contribution in [-0.4, -0.2) is 31.6 Å². The lowest BCUT2D eigenvalue weighted by molar-refractivity contribution is -0.119. The van der Waals surface area contributed by atoms with E-state index in [9.17, 15) is 4.79 Å². The van der Waals surface area contributed by atoms with Crippen LogP contribution in [0.25, 0.3) is 0 Å². The van der Waals surface area contributed by atoms with E-state index in [1.54, 1.807) is 0 Å². The summed E-state index contributed by atoms with van der Waals surface area (Å²) in [6, 6.07) is 6.40. The van der Waals surface area contributed by atoms with Gasteiger partial charge in [0, 0.05) is 36.4 Å². The average molecular weight is 312 g/mol. The summed E-state index contributed by atoms with van der Waals surface area (Å²) < 4.78 is 0. The summed E-state index contributed by atoms with van der Waals surface area (Å²) in [4.78, 5) is 13.7. The van der Waals surface area contributed by atoms with Gasteiger partial charge in [-0.3, -0.25) is 4.79 Å². The number of carbonyl (C=O) groups excluding carboxylic acids is 1. The summed E-state index contributed by atoms with van der Waals surface area (Å²) in [7, 11) is 0. The number of amides is 1. The molecule has 0 bridgehead atoms. The number of likely N-dealkylation sites (N-methyl/N-ethyl adjacent to an activating group) is 2. The molecule has 2 N–H and O–H groups in total. The smallest absolute Gasteiger partial charge is 0.239 e. The number of carbonyl (C=O) groups is 1. The van der Waals surface area contributed by atoms with Gasteiger partial charge in [-0.05, 0) is 31.5 Å². The molecule has 0 aliphatic carbocycles. The molecule has 1 aromatic carbocycles. The number of nitrogens with zero attached hydrogens (tertiary/aromatic N) is 1. The van der Waals surface area contributed by atoms with E-state index in [0.717, 1.165) is 29.4 Å². The van der Waals surface area contributed by atoms with Crippen molar-refractivity contribution in [2.24, 2.45) is 0 Å². The van der Waals surface area contributed by atoms with Gasteiger partial charge >= 0.3 is 0 Å². The van der Waals surface area contributed by atoms with E-state index in [2.05, 4.69) is 24.5 Å². The number of hydrogen-bond donors (Lipinski definition) is 2. The minimum Gasteiger partial charge on any atom is -0.362 e. The maximum absolute atomic E-state index is 11.7.